The molecule has 1 fully saturated rings. The minimum Gasteiger partial charge on any atom is -0.383 e. The van der Waals surface area contributed by atoms with Crippen LogP contribution in [0.1, 0.15) is 32.3 Å². The van der Waals surface area contributed by atoms with Crippen LogP contribution in [0, 0.1) is 0 Å². The molecule has 0 aromatic carbocycles. The van der Waals surface area contributed by atoms with Gasteiger partial charge in [0.25, 0.3) is 0 Å². The van der Waals surface area contributed by atoms with E-state index in [1.54, 1.807) is 7.11 Å². The Labute approximate surface area is 116 Å². The van der Waals surface area contributed by atoms with Crippen molar-refractivity contribution in [2.45, 2.75) is 45.3 Å². The van der Waals surface area contributed by atoms with Crippen LogP contribution < -0.4 is 10.2 Å². The maximum Gasteiger partial charge on any atom is 0.0637 e. The van der Waals surface area contributed by atoms with Gasteiger partial charge in [-0.25, -0.2) is 0 Å². The van der Waals surface area contributed by atoms with E-state index in [2.05, 4.69) is 35.1 Å². The minimum atomic E-state index is 0.495. The van der Waals surface area contributed by atoms with Crippen molar-refractivity contribution in [3.8, 4) is 0 Å². The van der Waals surface area contributed by atoms with Gasteiger partial charge < -0.3 is 15.0 Å². The van der Waals surface area contributed by atoms with E-state index in [1.165, 1.54) is 24.1 Å². The van der Waals surface area contributed by atoms with Crippen molar-refractivity contribution < 1.29 is 4.74 Å². The molecule has 0 unspecified atom stereocenters. The third-order valence-corrected chi connectivity index (χ3v) is 3.42. The van der Waals surface area contributed by atoms with Gasteiger partial charge in [-0.15, -0.1) is 0 Å². The molecule has 1 aromatic rings. The fraction of sp³-hybridized carbons (Fsp3) is 0.667. The van der Waals surface area contributed by atoms with Crippen molar-refractivity contribution in [3.05, 3.63) is 24.0 Å². The van der Waals surface area contributed by atoms with Crippen molar-refractivity contribution in [3.63, 3.8) is 0 Å². The summed E-state index contributed by atoms with van der Waals surface area (Å²) in [6.45, 7) is 6.95. The molecule has 106 valence electrons. The third kappa shape index (κ3) is 4.18. The Morgan fingerprint density at radius 1 is 1.47 bits per heavy atom. The Hall–Kier alpha value is -1.13. The summed E-state index contributed by atoms with van der Waals surface area (Å²) in [6, 6.07) is 3.29. The Morgan fingerprint density at radius 2 is 2.26 bits per heavy atom. The molecule has 0 aliphatic heterocycles. The highest BCUT2D eigenvalue weighted by Gasteiger charge is 2.30. The Morgan fingerprint density at radius 3 is 2.89 bits per heavy atom. The first kappa shape index (κ1) is 14.3. The molecule has 1 N–H and O–H groups in total. The minimum absolute atomic E-state index is 0.495. The molecule has 1 heterocycles. The van der Waals surface area contributed by atoms with Gasteiger partial charge >= 0.3 is 0 Å². The number of pyridine rings is 1. The molecule has 0 spiro atoms. The summed E-state index contributed by atoms with van der Waals surface area (Å²) in [6.07, 6.45) is 6.44. The van der Waals surface area contributed by atoms with Crippen molar-refractivity contribution in [2.75, 3.05) is 25.2 Å². The van der Waals surface area contributed by atoms with Crippen LogP contribution in [0.5, 0.6) is 0 Å². The van der Waals surface area contributed by atoms with E-state index < -0.39 is 0 Å². The maximum absolute atomic E-state index is 5.23. The summed E-state index contributed by atoms with van der Waals surface area (Å²) in [4.78, 5) is 6.75. The van der Waals surface area contributed by atoms with E-state index in [4.69, 9.17) is 4.74 Å². The molecule has 0 atom stereocenters. The zero-order valence-corrected chi connectivity index (χ0v) is 12.2. The van der Waals surface area contributed by atoms with Crippen LogP contribution in [0.25, 0.3) is 0 Å². The standard InChI is InChI=1S/C15H25N3O/c1-12(2)17-10-13-6-7-16-11-15(13)18(8-9-19-3)14-4-5-14/h6-7,11-12,14,17H,4-5,8-10H2,1-3H3. The van der Waals surface area contributed by atoms with Gasteiger partial charge in [-0.3, -0.25) is 4.98 Å². The van der Waals surface area contributed by atoms with E-state index in [0.717, 1.165) is 19.7 Å². The lowest BCUT2D eigenvalue weighted by atomic mass is 10.2. The molecule has 1 aliphatic rings. The number of hydrogen-bond acceptors (Lipinski definition) is 4. The van der Waals surface area contributed by atoms with Crippen LogP contribution in [-0.4, -0.2) is 37.3 Å². The molecule has 4 nitrogen and oxygen atoms in total. The predicted octanol–water partition coefficient (Wildman–Crippen LogP) is 2.19. The van der Waals surface area contributed by atoms with Gasteiger partial charge in [0.2, 0.25) is 0 Å². The third-order valence-electron chi connectivity index (χ3n) is 3.42. The van der Waals surface area contributed by atoms with Gasteiger partial charge in [0.05, 0.1) is 18.5 Å². The van der Waals surface area contributed by atoms with Crippen molar-refractivity contribution in [1.82, 2.24) is 10.3 Å². The number of methoxy groups -OCH3 is 1. The quantitative estimate of drug-likeness (QED) is 0.780. The van der Waals surface area contributed by atoms with Crippen LogP contribution in [0.15, 0.2) is 18.5 Å². The summed E-state index contributed by atoms with van der Waals surface area (Å²) in [5.41, 5.74) is 2.59. The van der Waals surface area contributed by atoms with Crippen molar-refractivity contribution >= 4 is 5.69 Å². The van der Waals surface area contributed by atoms with Crippen LogP contribution >= 0.6 is 0 Å². The maximum atomic E-state index is 5.23. The molecule has 0 bridgehead atoms. The van der Waals surface area contributed by atoms with Crippen LogP contribution in [-0.2, 0) is 11.3 Å². The predicted molar refractivity (Wildman–Crippen MR) is 78.5 cm³/mol. The number of nitrogens with one attached hydrogen (secondary N) is 1. The lowest BCUT2D eigenvalue weighted by Crippen LogP contribution is -2.31. The van der Waals surface area contributed by atoms with E-state index in [0.29, 0.717) is 12.1 Å². The van der Waals surface area contributed by atoms with E-state index in [9.17, 15) is 0 Å². The number of aromatic nitrogens is 1. The van der Waals surface area contributed by atoms with E-state index in [1.807, 2.05) is 12.4 Å². The largest absolute Gasteiger partial charge is 0.383 e. The van der Waals surface area contributed by atoms with Gasteiger partial charge in [0.1, 0.15) is 0 Å². The van der Waals surface area contributed by atoms with Gasteiger partial charge in [-0.05, 0) is 24.5 Å². The second kappa shape index (κ2) is 6.87. The average molecular weight is 263 g/mol. The first-order valence-electron chi connectivity index (χ1n) is 7.14. The lowest BCUT2D eigenvalue weighted by molar-refractivity contribution is 0.205. The summed E-state index contributed by atoms with van der Waals surface area (Å²) in [5.74, 6) is 0. The zero-order valence-electron chi connectivity index (χ0n) is 12.2. The van der Waals surface area contributed by atoms with Crippen molar-refractivity contribution in [1.29, 1.82) is 0 Å². The molecule has 19 heavy (non-hydrogen) atoms. The molecular formula is C15H25N3O. The fourth-order valence-corrected chi connectivity index (χ4v) is 2.21. The molecule has 1 aromatic heterocycles. The second-order valence-corrected chi connectivity index (χ2v) is 5.46. The molecule has 2 rings (SSSR count). The number of nitrogens with zero attached hydrogens (tertiary/aromatic N) is 2. The molecular weight excluding hydrogens is 238 g/mol. The number of hydrogen-bond donors (Lipinski definition) is 1. The monoisotopic (exact) mass is 263 g/mol. The summed E-state index contributed by atoms with van der Waals surface area (Å²) in [5, 5.41) is 3.49. The Balaban J connectivity index is 2.11. The molecule has 0 radical (unpaired) electrons. The Bertz CT molecular complexity index is 391. The molecule has 1 saturated carbocycles. The van der Waals surface area contributed by atoms with Gasteiger partial charge in [0, 0.05) is 38.5 Å². The Kier molecular flexibility index (Phi) is 5.16. The first-order chi connectivity index (χ1) is 9.22. The highest BCUT2D eigenvalue weighted by molar-refractivity contribution is 5.53. The van der Waals surface area contributed by atoms with Gasteiger partial charge in [0.15, 0.2) is 0 Å². The van der Waals surface area contributed by atoms with E-state index >= 15 is 0 Å². The van der Waals surface area contributed by atoms with Gasteiger partial charge in [-0.1, -0.05) is 13.8 Å². The number of rotatable bonds is 8. The fourth-order valence-electron chi connectivity index (χ4n) is 2.21. The van der Waals surface area contributed by atoms with Crippen LogP contribution in [0.4, 0.5) is 5.69 Å². The number of ether oxygens (including phenoxy) is 1. The molecule has 4 heteroatoms. The SMILES string of the molecule is COCCN(c1cnccc1CNC(C)C)C1CC1. The number of anilines is 1. The highest BCUT2D eigenvalue weighted by atomic mass is 16.5. The lowest BCUT2D eigenvalue weighted by Gasteiger charge is -2.26. The van der Waals surface area contributed by atoms with Crippen LogP contribution in [0.2, 0.25) is 0 Å². The summed E-state index contributed by atoms with van der Waals surface area (Å²) in [7, 11) is 1.76. The smallest absolute Gasteiger partial charge is 0.0637 e. The summed E-state index contributed by atoms with van der Waals surface area (Å²) >= 11 is 0. The normalized spacial score (nSPS) is 14.9. The zero-order chi connectivity index (χ0) is 13.7. The molecule has 0 amide bonds. The second-order valence-electron chi connectivity index (χ2n) is 5.46. The van der Waals surface area contributed by atoms with Crippen molar-refractivity contribution in [2.24, 2.45) is 0 Å². The first-order valence-corrected chi connectivity index (χ1v) is 7.14. The molecule has 0 saturated heterocycles. The summed E-state index contributed by atoms with van der Waals surface area (Å²) < 4.78 is 5.23. The highest BCUT2D eigenvalue weighted by Crippen LogP contribution is 2.32. The topological polar surface area (TPSA) is 37.4 Å². The molecule has 1 aliphatic carbocycles. The van der Waals surface area contributed by atoms with E-state index in [-0.39, 0.29) is 0 Å². The van der Waals surface area contributed by atoms with Crippen LogP contribution in [0.3, 0.4) is 0 Å². The van der Waals surface area contributed by atoms with Gasteiger partial charge in [-0.2, -0.15) is 0 Å². The average Bonchev–Trinajstić information content (AvgIpc) is 3.22.